The molecule has 0 aliphatic carbocycles. The fourth-order valence-electron chi connectivity index (χ4n) is 0.868. The summed E-state index contributed by atoms with van der Waals surface area (Å²) in [6.45, 7) is 0.714. The molecule has 0 aromatic heterocycles. The van der Waals surface area contributed by atoms with Crippen LogP contribution in [0, 0.1) is 12.9 Å². The molecule has 0 aliphatic rings. The molecule has 0 atom stereocenters. The number of hydrogen-bond acceptors (Lipinski definition) is 1. The van der Waals surface area contributed by atoms with E-state index in [1.165, 1.54) is 12.1 Å². The number of rotatable bonds is 3. The van der Waals surface area contributed by atoms with E-state index in [0.717, 1.165) is 12.0 Å². The summed E-state index contributed by atoms with van der Waals surface area (Å²) in [6.07, 6.45) is 0.830. The van der Waals surface area contributed by atoms with Crippen molar-refractivity contribution in [3.8, 4) is 0 Å². The lowest BCUT2D eigenvalue weighted by atomic mass is 10.1. The van der Waals surface area contributed by atoms with Gasteiger partial charge in [-0.05, 0) is 30.7 Å². The average molecular weight is 151 g/mol. The van der Waals surface area contributed by atoms with E-state index in [1.54, 1.807) is 12.1 Å². The molecule has 58 valence electrons. The second-order valence-corrected chi connectivity index (χ2v) is 2.33. The molecule has 1 nitrogen and oxygen atoms in total. The summed E-state index contributed by atoms with van der Waals surface area (Å²) in [6, 6.07) is 6.41. The standard InChI is InChI=1S/C9H10FN/c1-11-7-6-8-2-4-9(10)5-3-8/h1-5,11H,6-7H2. The monoisotopic (exact) mass is 151 g/mol. The third-order valence-corrected chi connectivity index (χ3v) is 1.47. The topological polar surface area (TPSA) is 12.0 Å². The molecule has 1 aromatic carbocycles. The molecule has 0 heterocycles. The van der Waals surface area contributed by atoms with Gasteiger partial charge in [-0.25, -0.2) is 4.39 Å². The maximum atomic E-state index is 12.4. The number of benzene rings is 1. The van der Waals surface area contributed by atoms with Gasteiger partial charge in [0, 0.05) is 7.05 Å². The van der Waals surface area contributed by atoms with Crippen molar-refractivity contribution in [1.29, 1.82) is 0 Å². The molecule has 2 heteroatoms. The van der Waals surface area contributed by atoms with Gasteiger partial charge in [0.05, 0.1) is 0 Å². The summed E-state index contributed by atoms with van der Waals surface area (Å²) in [7, 11) is 5.08. The van der Waals surface area contributed by atoms with Crippen LogP contribution in [0.2, 0.25) is 0 Å². The predicted octanol–water partition coefficient (Wildman–Crippen LogP) is 1.63. The first kappa shape index (κ1) is 8.21. The smallest absolute Gasteiger partial charge is 0.123 e. The minimum absolute atomic E-state index is 0.200. The molecule has 1 aromatic rings. The summed E-state index contributed by atoms with van der Waals surface area (Å²) < 4.78 is 12.4. The zero-order chi connectivity index (χ0) is 8.10. The van der Waals surface area contributed by atoms with Crippen LogP contribution in [0.25, 0.3) is 0 Å². The summed E-state index contributed by atoms with van der Waals surface area (Å²) >= 11 is 0. The quantitative estimate of drug-likeness (QED) is 0.647. The lowest BCUT2D eigenvalue weighted by Crippen LogP contribution is -2.07. The Kier molecular flexibility index (Phi) is 3.05. The predicted molar refractivity (Wildman–Crippen MR) is 42.4 cm³/mol. The highest BCUT2D eigenvalue weighted by Crippen LogP contribution is 2.02. The maximum absolute atomic E-state index is 12.4. The Morgan fingerprint density at radius 1 is 1.27 bits per heavy atom. The number of hydrogen-bond donors (Lipinski definition) is 1. The summed E-state index contributed by atoms with van der Waals surface area (Å²) in [4.78, 5) is 0. The molecule has 0 fully saturated rings. The minimum Gasteiger partial charge on any atom is -0.311 e. The number of nitrogens with one attached hydrogen (secondary N) is 1. The highest BCUT2D eigenvalue weighted by molar-refractivity contribution is 5.16. The zero-order valence-electron chi connectivity index (χ0n) is 6.18. The Morgan fingerprint density at radius 3 is 2.45 bits per heavy atom. The van der Waals surface area contributed by atoms with Crippen LogP contribution in [-0.4, -0.2) is 6.54 Å². The molecule has 1 N–H and O–H groups in total. The van der Waals surface area contributed by atoms with Crippen molar-refractivity contribution in [3.05, 3.63) is 42.7 Å². The highest BCUT2D eigenvalue weighted by Gasteiger charge is 1.91. The van der Waals surface area contributed by atoms with E-state index in [9.17, 15) is 4.39 Å². The fraction of sp³-hybridized carbons (Fsp3) is 0.222. The van der Waals surface area contributed by atoms with Crippen molar-refractivity contribution in [2.45, 2.75) is 6.42 Å². The minimum atomic E-state index is -0.200. The fourth-order valence-corrected chi connectivity index (χ4v) is 0.868. The second kappa shape index (κ2) is 4.09. The Morgan fingerprint density at radius 2 is 1.91 bits per heavy atom. The van der Waals surface area contributed by atoms with Crippen molar-refractivity contribution in [2.75, 3.05) is 6.54 Å². The average Bonchev–Trinajstić information content (AvgIpc) is 2.04. The van der Waals surface area contributed by atoms with E-state index in [0.29, 0.717) is 6.54 Å². The maximum Gasteiger partial charge on any atom is 0.123 e. The highest BCUT2D eigenvalue weighted by atomic mass is 19.1. The molecule has 1 rings (SSSR count). The largest absolute Gasteiger partial charge is 0.311 e. The zero-order valence-corrected chi connectivity index (χ0v) is 6.18. The molecule has 0 saturated heterocycles. The molecule has 0 saturated carbocycles. The van der Waals surface area contributed by atoms with E-state index in [1.807, 2.05) is 0 Å². The van der Waals surface area contributed by atoms with Crippen molar-refractivity contribution in [2.24, 2.45) is 0 Å². The van der Waals surface area contributed by atoms with Gasteiger partial charge in [0.25, 0.3) is 0 Å². The first-order chi connectivity index (χ1) is 5.33. The molecule has 2 radical (unpaired) electrons. The van der Waals surface area contributed by atoms with E-state index in [2.05, 4.69) is 5.32 Å². The summed E-state index contributed by atoms with van der Waals surface area (Å²) in [5.74, 6) is -0.200. The Balaban J connectivity index is 2.52. The van der Waals surface area contributed by atoms with Crippen molar-refractivity contribution >= 4 is 0 Å². The van der Waals surface area contributed by atoms with Gasteiger partial charge in [-0.2, -0.15) is 0 Å². The molecular formula is C9H10FN. The van der Waals surface area contributed by atoms with E-state index < -0.39 is 0 Å². The van der Waals surface area contributed by atoms with Crippen LogP contribution in [0.1, 0.15) is 5.56 Å². The molecule has 0 amide bonds. The third-order valence-electron chi connectivity index (χ3n) is 1.47. The normalized spacial score (nSPS) is 10.0. The van der Waals surface area contributed by atoms with Gasteiger partial charge >= 0.3 is 0 Å². The third kappa shape index (κ3) is 2.68. The molecular weight excluding hydrogens is 141 g/mol. The van der Waals surface area contributed by atoms with E-state index >= 15 is 0 Å². The van der Waals surface area contributed by atoms with Gasteiger partial charge in [0.15, 0.2) is 0 Å². The van der Waals surface area contributed by atoms with Crippen LogP contribution >= 0.6 is 0 Å². The molecule has 0 unspecified atom stereocenters. The van der Waals surface area contributed by atoms with Gasteiger partial charge < -0.3 is 5.32 Å². The SMILES string of the molecule is [CH]NCCc1ccc(F)cc1. The van der Waals surface area contributed by atoms with Gasteiger partial charge in [-0.1, -0.05) is 12.1 Å². The van der Waals surface area contributed by atoms with E-state index in [4.69, 9.17) is 7.05 Å². The Bertz CT molecular complexity index is 205. The van der Waals surface area contributed by atoms with Crippen LogP contribution in [0.4, 0.5) is 4.39 Å². The Labute approximate surface area is 66.2 Å². The van der Waals surface area contributed by atoms with Crippen molar-refractivity contribution in [1.82, 2.24) is 5.32 Å². The van der Waals surface area contributed by atoms with Crippen LogP contribution in [0.3, 0.4) is 0 Å². The molecule has 11 heavy (non-hydrogen) atoms. The molecule has 0 aliphatic heterocycles. The van der Waals surface area contributed by atoms with Crippen LogP contribution in [-0.2, 0) is 6.42 Å². The molecule has 0 spiro atoms. The lowest BCUT2D eigenvalue weighted by Gasteiger charge is -1.98. The van der Waals surface area contributed by atoms with Gasteiger partial charge in [0.1, 0.15) is 5.82 Å². The van der Waals surface area contributed by atoms with Crippen molar-refractivity contribution in [3.63, 3.8) is 0 Å². The first-order valence-corrected chi connectivity index (χ1v) is 3.51. The van der Waals surface area contributed by atoms with Gasteiger partial charge in [0.2, 0.25) is 0 Å². The van der Waals surface area contributed by atoms with Crippen LogP contribution in [0.15, 0.2) is 24.3 Å². The van der Waals surface area contributed by atoms with Gasteiger partial charge in [-0.15, -0.1) is 0 Å². The molecule has 0 bridgehead atoms. The Hall–Kier alpha value is -0.890. The second-order valence-electron chi connectivity index (χ2n) is 2.33. The first-order valence-electron chi connectivity index (χ1n) is 3.51. The van der Waals surface area contributed by atoms with Crippen molar-refractivity contribution < 1.29 is 4.39 Å². The lowest BCUT2D eigenvalue weighted by molar-refractivity contribution is 0.626. The number of halogens is 1. The van der Waals surface area contributed by atoms with Crippen LogP contribution in [0.5, 0.6) is 0 Å². The van der Waals surface area contributed by atoms with Crippen LogP contribution < -0.4 is 5.32 Å². The summed E-state index contributed by atoms with van der Waals surface area (Å²) in [5, 5.41) is 2.54. The van der Waals surface area contributed by atoms with Gasteiger partial charge in [-0.3, -0.25) is 0 Å². The summed E-state index contributed by atoms with van der Waals surface area (Å²) in [5.41, 5.74) is 1.09. The van der Waals surface area contributed by atoms with E-state index in [-0.39, 0.29) is 5.82 Å².